The number of hydrogen-bond acceptors (Lipinski definition) is 6. The lowest BCUT2D eigenvalue weighted by molar-refractivity contribution is 0.330. The van der Waals surface area contributed by atoms with E-state index in [0.29, 0.717) is 11.0 Å². The Bertz CT molecular complexity index is 616. The predicted molar refractivity (Wildman–Crippen MR) is 83.4 cm³/mol. The second kappa shape index (κ2) is 8.30. The van der Waals surface area contributed by atoms with E-state index in [1.54, 1.807) is 0 Å². The summed E-state index contributed by atoms with van der Waals surface area (Å²) in [6, 6.07) is 11.4. The van der Waals surface area contributed by atoms with Crippen LogP contribution in [-0.2, 0) is 21.3 Å². The minimum atomic E-state index is -2.32. The fraction of sp³-hybridized carbons (Fsp3) is 0.167. The number of rotatable bonds is 7. The van der Waals surface area contributed by atoms with E-state index < -0.39 is 11.4 Å². The maximum Gasteiger partial charge on any atom is 0.303 e. The van der Waals surface area contributed by atoms with Gasteiger partial charge in [-0.05, 0) is 5.56 Å². The molecule has 9 heteroatoms. The quantitative estimate of drug-likeness (QED) is 0.262. The highest BCUT2D eigenvalue weighted by molar-refractivity contribution is 7.98. The van der Waals surface area contributed by atoms with Gasteiger partial charge in [-0.15, -0.1) is 0 Å². The first-order valence-electron chi connectivity index (χ1n) is 5.83. The molecule has 0 spiro atoms. The van der Waals surface area contributed by atoms with Crippen LogP contribution in [0.25, 0.3) is 0 Å². The van der Waals surface area contributed by atoms with Crippen molar-refractivity contribution in [3.63, 3.8) is 0 Å². The van der Waals surface area contributed by atoms with E-state index in [0.717, 1.165) is 11.3 Å². The Kier molecular flexibility index (Phi) is 6.40. The summed E-state index contributed by atoms with van der Waals surface area (Å²) in [5.41, 5.74) is 1.15. The second-order valence-electron chi connectivity index (χ2n) is 3.79. The fourth-order valence-electron chi connectivity index (χ4n) is 1.43. The summed E-state index contributed by atoms with van der Waals surface area (Å²) in [5.74, 6) is 1.15. The Balaban J connectivity index is 1.96. The molecule has 112 valence electrons. The Morgan fingerprint density at radius 2 is 2.10 bits per heavy atom. The Hall–Kier alpha value is -1.19. The van der Waals surface area contributed by atoms with Gasteiger partial charge in [-0.3, -0.25) is 4.55 Å². The number of anilines is 1. The van der Waals surface area contributed by atoms with E-state index in [9.17, 15) is 4.21 Å². The molecule has 0 aliphatic carbocycles. The molecular formula is C12H12ClN3O3S2. The lowest BCUT2D eigenvalue weighted by Gasteiger charge is -2.06. The lowest BCUT2D eigenvalue weighted by Crippen LogP contribution is -2.09. The van der Waals surface area contributed by atoms with Crippen molar-refractivity contribution in [2.45, 2.75) is 10.9 Å². The first kappa shape index (κ1) is 16.2. The number of nitrogens with zero attached hydrogens (tertiary/aromatic N) is 2. The zero-order valence-electron chi connectivity index (χ0n) is 10.7. The van der Waals surface area contributed by atoms with Crippen LogP contribution in [0.2, 0.25) is 5.15 Å². The van der Waals surface area contributed by atoms with Gasteiger partial charge in [0.05, 0.1) is 0 Å². The first-order chi connectivity index (χ1) is 10.1. The second-order valence-corrected chi connectivity index (χ2v) is 5.79. The molecule has 0 aliphatic rings. The van der Waals surface area contributed by atoms with Crippen LogP contribution in [0.3, 0.4) is 0 Å². The number of thioether (sulfide) groups is 1. The van der Waals surface area contributed by atoms with Crippen molar-refractivity contribution in [1.82, 2.24) is 9.97 Å². The molecule has 1 atom stereocenters. The molecule has 2 aromatic rings. The number of halogens is 1. The highest BCUT2D eigenvalue weighted by Gasteiger charge is 2.05. The summed E-state index contributed by atoms with van der Waals surface area (Å²) in [6.07, 6.45) is 0. The van der Waals surface area contributed by atoms with Crippen LogP contribution in [-0.4, -0.2) is 25.5 Å². The maximum atomic E-state index is 10.4. The molecular weight excluding hydrogens is 334 g/mol. The van der Waals surface area contributed by atoms with Crippen molar-refractivity contribution in [3.05, 3.63) is 47.1 Å². The van der Waals surface area contributed by atoms with Gasteiger partial charge in [-0.1, -0.05) is 53.7 Å². The van der Waals surface area contributed by atoms with Crippen LogP contribution < -0.4 is 5.32 Å². The number of nitrogens with one attached hydrogen (secondary N) is 1. The van der Waals surface area contributed by atoms with Crippen molar-refractivity contribution in [2.75, 3.05) is 12.0 Å². The fourth-order valence-corrected chi connectivity index (χ4v) is 2.64. The average Bonchev–Trinajstić information content (AvgIpc) is 2.45. The molecule has 1 unspecified atom stereocenters. The molecule has 0 aliphatic heterocycles. The minimum absolute atomic E-state index is 0.154. The van der Waals surface area contributed by atoms with E-state index in [1.807, 2.05) is 30.3 Å². The lowest BCUT2D eigenvalue weighted by atomic mass is 10.2. The summed E-state index contributed by atoms with van der Waals surface area (Å²) in [5, 5.41) is 3.53. The summed E-state index contributed by atoms with van der Waals surface area (Å²) >= 11 is 5.04. The van der Waals surface area contributed by atoms with Crippen molar-refractivity contribution >= 4 is 40.5 Å². The first-order valence-corrected chi connectivity index (χ1v) is 8.22. The Morgan fingerprint density at radius 1 is 1.33 bits per heavy atom. The summed E-state index contributed by atoms with van der Waals surface area (Å²) in [7, 11) is 0. The van der Waals surface area contributed by atoms with Crippen molar-refractivity contribution in [3.8, 4) is 0 Å². The van der Waals surface area contributed by atoms with Crippen LogP contribution >= 0.6 is 23.4 Å². The number of aromatic nitrogens is 2. The molecule has 1 aromatic heterocycles. The van der Waals surface area contributed by atoms with Gasteiger partial charge in [0.2, 0.25) is 0 Å². The van der Waals surface area contributed by atoms with Crippen LogP contribution in [0, 0.1) is 0 Å². The Labute approximate surface area is 133 Å². The van der Waals surface area contributed by atoms with Gasteiger partial charge < -0.3 is 5.32 Å². The van der Waals surface area contributed by atoms with E-state index >= 15 is 0 Å². The standard InChI is InChI=1S/C12H12ClN3O3S2/c13-10-6-11(14-8-19-21(17)18)16-12(15-10)20-7-9-4-2-1-3-5-9/h1-6H,7-8H2,(H,17,18)(H,14,15,16). The van der Waals surface area contributed by atoms with Crippen LogP contribution in [0.1, 0.15) is 5.56 Å². The molecule has 1 aromatic carbocycles. The molecule has 6 nitrogen and oxygen atoms in total. The molecule has 0 saturated heterocycles. The zero-order chi connectivity index (χ0) is 15.1. The van der Waals surface area contributed by atoms with Crippen LogP contribution in [0.15, 0.2) is 41.6 Å². The molecule has 0 radical (unpaired) electrons. The molecule has 21 heavy (non-hydrogen) atoms. The smallest absolute Gasteiger partial charge is 0.303 e. The van der Waals surface area contributed by atoms with Gasteiger partial charge >= 0.3 is 11.4 Å². The molecule has 1 heterocycles. The average molecular weight is 346 g/mol. The normalized spacial score (nSPS) is 12.1. The van der Waals surface area contributed by atoms with Gasteiger partial charge in [0.25, 0.3) is 0 Å². The summed E-state index contributed by atoms with van der Waals surface area (Å²) in [4.78, 5) is 8.36. The van der Waals surface area contributed by atoms with Crippen molar-refractivity contribution < 1.29 is 12.9 Å². The topological polar surface area (TPSA) is 84.3 Å². The van der Waals surface area contributed by atoms with E-state index in [1.165, 1.54) is 17.8 Å². The van der Waals surface area contributed by atoms with E-state index in [4.69, 9.17) is 16.2 Å². The van der Waals surface area contributed by atoms with Gasteiger partial charge in [0.1, 0.15) is 17.7 Å². The molecule has 2 rings (SSSR count). The molecule has 2 N–H and O–H groups in total. The van der Waals surface area contributed by atoms with Gasteiger partial charge in [-0.25, -0.2) is 14.2 Å². The summed E-state index contributed by atoms with van der Waals surface area (Å²) in [6.45, 7) is -0.154. The van der Waals surface area contributed by atoms with Crippen LogP contribution in [0.4, 0.5) is 5.82 Å². The highest BCUT2D eigenvalue weighted by Crippen LogP contribution is 2.22. The molecule has 0 bridgehead atoms. The predicted octanol–water partition coefficient (Wildman–Crippen LogP) is 2.95. The SMILES string of the molecule is O=S(O)OCNc1cc(Cl)nc(SCc2ccccc2)n1. The third-order valence-corrected chi connectivity index (χ3v) is 3.73. The van der Waals surface area contributed by atoms with Gasteiger partial charge in [-0.2, -0.15) is 4.21 Å². The van der Waals surface area contributed by atoms with E-state index in [-0.39, 0.29) is 11.9 Å². The number of hydrogen-bond donors (Lipinski definition) is 2. The minimum Gasteiger partial charge on any atom is -0.346 e. The third-order valence-electron chi connectivity index (χ3n) is 2.30. The molecule has 0 saturated carbocycles. The van der Waals surface area contributed by atoms with Gasteiger partial charge in [0.15, 0.2) is 5.16 Å². The van der Waals surface area contributed by atoms with Gasteiger partial charge in [0, 0.05) is 11.8 Å². The van der Waals surface area contributed by atoms with Crippen LogP contribution in [0.5, 0.6) is 0 Å². The molecule has 0 amide bonds. The highest BCUT2D eigenvalue weighted by atomic mass is 35.5. The summed E-state index contributed by atoms with van der Waals surface area (Å²) < 4.78 is 23.3. The number of benzene rings is 1. The van der Waals surface area contributed by atoms with E-state index in [2.05, 4.69) is 19.5 Å². The Morgan fingerprint density at radius 3 is 2.81 bits per heavy atom. The van der Waals surface area contributed by atoms with Crippen molar-refractivity contribution in [1.29, 1.82) is 0 Å². The maximum absolute atomic E-state index is 10.4. The monoisotopic (exact) mass is 345 g/mol. The third kappa shape index (κ3) is 5.98. The molecule has 0 fully saturated rings. The zero-order valence-corrected chi connectivity index (χ0v) is 13.1. The largest absolute Gasteiger partial charge is 0.346 e. The van der Waals surface area contributed by atoms with Crippen molar-refractivity contribution in [2.24, 2.45) is 0 Å².